The summed E-state index contributed by atoms with van der Waals surface area (Å²) in [7, 11) is 0. The molecule has 0 bridgehead atoms. The molecule has 0 aromatic heterocycles. The largest absolute Gasteiger partial charge is 0.396 e. The maximum Gasteiger partial charge on any atom is 0.121 e. The zero-order chi connectivity index (χ0) is 8.53. The molecular formula is C6H12N2O3. The quantitative estimate of drug-likeness (QED) is 0.322. The molecule has 5 heteroatoms. The van der Waals surface area contributed by atoms with Crippen LogP contribution in [0.1, 0.15) is 12.8 Å². The van der Waals surface area contributed by atoms with Gasteiger partial charge in [-0.05, 0) is 6.42 Å². The molecule has 1 N–H and O–H groups in total. The van der Waals surface area contributed by atoms with E-state index in [-0.39, 0.29) is 6.61 Å². The molecule has 0 atom stereocenters. The van der Waals surface area contributed by atoms with Gasteiger partial charge in [0, 0.05) is 26.1 Å². The van der Waals surface area contributed by atoms with Crippen molar-refractivity contribution in [3.63, 3.8) is 0 Å². The third kappa shape index (κ3) is 5.47. The second-order valence-corrected chi connectivity index (χ2v) is 2.07. The van der Waals surface area contributed by atoms with Crippen LogP contribution in [0, 0.1) is 4.91 Å². The average molecular weight is 160 g/mol. The van der Waals surface area contributed by atoms with Crippen LogP contribution in [-0.2, 0) is 4.79 Å². The Morgan fingerprint density at radius 1 is 1.45 bits per heavy atom. The molecule has 5 nitrogen and oxygen atoms in total. The van der Waals surface area contributed by atoms with E-state index in [0.717, 1.165) is 6.29 Å². The first-order valence-electron chi connectivity index (χ1n) is 3.48. The summed E-state index contributed by atoms with van der Waals surface area (Å²) in [4.78, 5) is 19.9. The molecular weight excluding hydrogens is 148 g/mol. The Balaban J connectivity index is 3.40. The molecule has 0 amide bonds. The summed E-state index contributed by atoms with van der Waals surface area (Å²) in [6, 6.07) is 0. The maximum atomic E-state index is 10.00. The van der Waals surface area contributed by atoms with E-state index in [1.807, 2.05) is 0 Å². The molecule has 0 rings (SSSR count). The van der Waals surface area contributed by atoms with E-state index in [0.29, 0.717) is 25.9 Å². The van der Waals surface area contributed by atoms with Gasteiger partial charge < -0.3 is 9.90 Å². The first-order valence-corrected chi connectivity index (χ1v) is 3.48. The summed E-state index contributed by atoms with van der Waals surface area (Å²) >= 11 is 0. The number of nitrogens with zero attached hydrogens (tertiary/aromatic N) is 2. The highest BCUT2D eigenvalue weighted by Gasteiger charge is 1.99. The van der Waals surface area contributed by atoms with Gasteiger partial charge in [-0.1, -0.05) is 0 Å². The molecule has 0 heterocycles. The summed E-state index contributed by atoms with van der Waals surface area (Å²) in [5.41, 5.74) is 0. The first kappa shape index (κ1) is 10.0. The van der Waals surface area contributed by atoms with Gasteiger partial charge >= 0.3 is 0 Å². The molecule has 64 valence electrons. The van der Waals surface area contributed by atoms with Crippen LogP contribution >= 0.6 is 0 Å². The van der Waals surface area contributed by atoms with Crippen molar-refractivity contribution in [2.45, 2.75) is 12.8 Å². The lowest BCUT2D eigenvalue weighted by Crippen LogP contribution is -2.20. The van der Waals surface area contributed by atoms with E-state index < -0.39 is 0 Å². The van der Waals surface area contributed by atoms with Crippen molar-refractivity contribution in [1.82, 2.24) is 5.01 Å². The number of carbonyl (C=O) groups excluding carboxylic acids is 1. The second-order valence-electron chi connectivity index (χ2n) is 2.07. The molecule has 11 heavy (non-hydrogen) atoms. The highest BCUT2D eigenvalue weighted by Crippen LogP contribution is 1.92. The number of hydrogen-bond donors (Lipinski definition) is 1. The molecule has 0 unspecified atom stereocenters. The minimum Gasteiger partial charge on any atom is -0.396 e. The van der Waals surface area contributed by atoms with Crippen LogP contribution in [-0.4, -0.2) is 36.1 Å². The van der Waals surface area contributed by atoms with Crippen LogP contribution < -0.4 is 0 Å². The van der Waals surface area contributed by atoms with Crippen molar-refractivity contribution in [3.05, 3.63) is 4.91 Å². The smallest absolute Gasteiger partial charge is 0.121 e. The van der Waals surface area contributed by atoms with Gasteiger partial charge in [0.25, 0.3) is 0 Å². The summed E-state index contributed by atoms with van der Waals surface area (Å²) in [5.74, 6) is 0. The van der Waals surface area contributed by atoms with Crippen molar-refractivity contribution < 1.29 is 9.90 Å². The fraction of sp³-hybridized carbons (Fsp3) is 0.833. The number of aliphatic hydroxyl groups is 1. The molecule has 0 aliphatic rings. The summed E-state index contributed by atoms with van der Waals surface area (Å²) in [6.07, 6.45) is 1.54. The van der Waals surface area contributed by atoms with Gasteiger partial charge in [-0.25, -0.2) is 0 Å². The van der Waals surface area contributed by atoms with Crippen LogP contribution in [0.3, 0.4) is 0 Å². The van der Waals surface area contributed by atoms with E-state index >= 15 is 0 Å². The summed E-state index contributed by atoms with van der Waals surface area (Å²) in [6.45, 7) is 0.786. The van der Waals surface area contributed by atoms with Crippen LogP contribution in [0.25, 0.3) is 0 Å². The van der Waals surface area contributed by atoms with Crippen LogP contribution in [0.4, 0.5) is 0 Å². The van der Waals surface area contributed by atoms with Crippen molar-refractivity contribution in [2.75, 3.05) is 19.7 Å². The molecule has 0 saturated heterocycles. The Kier molecular flexibility index (Phi) is 6.51. The van der Waals surface area contributed by atoms with E-state index in [1.165, 1.54) is 5.01 Å². The topological polar surface area (TPSA) is 70.0 Å². The molecule has 0 saturated carbocycles. The summed E-state index contributed by atoms with van der Waals surface area (Å²) in [5, 5.41) is 12.3. The van der Waals surface area contributed by atoms with Crippen molar-refractivity contribution in [1.29, 1.82) is 0 Å². The van der Waals surface area contributed by atoms with E-state index in [4.69, 9.17) is 5.11 Å². The van der Waals surface area contributed by atoms with Gasteiger partial charge in [0.1, 0.15) is 6.29 Å². The zero-order valence-electron chi connectivity index (χ0n) is 6.27. The van der Waals surface area contributed by atoms with E-state index in [2.05, 4.69) is 5.29 Å². The number of aliphatic hydroxyl groups excluding tert-OH is 1. The average Bonchev–Trinajstić information content (AvgIpc) is 2.05. The van der Waals surface area contributed by atoms with Crippen LogP contribution in [0.15, 0.2) is 5.29 Å². The molecule has 0 aromatic rings. The van der Waals surface area contributed by atoms with Crippen LogP contribution in [0.2, 0.25) is 0 Å². The lowest BCUT2D eigenvalue weighted by molar-refractivity contribution is -0.108. The lowest BCUT2D eigenvalue weighted by atomic mass is 10.4. The standard InChI is InChI=1S/C6H12N2O3/c9-5-1-3-8(7-11)4-2-6-10/h5,10H,1-4,6H2. The molecule has 0 radical (unpaired) electrons. The SMILES string of the molecule is O=CCCN(CCCO)N=O. The minimum atomic E-state index is 0.0348. The summed E-state index contributed by atoms with van der Waals surface area (Å²) < 4.78 is 0. The van der Waals surface area contributed by atoms with E-state index in [1.54, 1.807) is 0 Å². The predicted molar refractivity (Wildman–Crippen MR) is 39.8 cm³/mol. The van der Waals surface area contributed by atoms with Gasteiger partial charge in [0.05, 0.1) is 5.29 Å². The number of rotatable bonds is 7. The Morgan fingerprint density at radius 2 is 2.18 bits per heavy atom. The Morgan fingerprint density at radius 3 is 2.64 bits per heavy atom. The number of nitroso groups, excluding NO2 is 1. The normalized spacial score (nSPS) is 9.18. The lowest BCUT2D eigenvalue weighted by Gasteiger charge is -2.11. The third-order valence-corrected chi connectivity index (χ3v) is 1.19. The molecule has 0 aliphatic carbocycles. The highest BCUT2D eigenvalue weighted by atomic mass is 16.3. The van der Waals surface area contributed by atoms with Crippen molar-refractivity contribution >= 4 is 6.29 Å². The highest BCUT2D eigenvalue weighted by molar-refractivity contribution is 5.49. The molecule has 0 fully saturated rings. The van der Waals surface area contributed by atoms with Gasteiger partial charge in [0.2, 0.25) is 0 Å². The van der Waals surface area contributed by atoms with Gasteiger partial charge in [-0.15, -0.1) is 4.91 Å². The molecule has 0 aliphatic heterocycles. The Hall–Kier alpha value is -0.970. The number of hydrogen-bond acceptors (Lipinski definition) is 4. The number of carbonyl (C=O) groups is 1. The van der Waals surface area contributed by atoms with E-state index in [9.17, 15) is 9.70 Å². The Bertz CT molecular complexity index is 118. The zero-order valence-corrected chi connectivity index (χ0v) is 6.27. The van der Waals surface area contributed by atoms with Crippen LogP contribution in [0.5, 0.6) is 0 Å². The predicted octanol–water partition coefficient (Wildman–Crippen LogP) is -0.0588. The fourth-order valence-electron chi connectivity index (χ4n) is 0.648. The third-order valence-electron chi connectivity index (χ3n) is 1.19. The van der Waals surface area contributed by atoms with Gasteiger partial charge in [-0.2, -0.15) is 0 Å². The van der Waals surface area contributed by atoms with Gasteiger partial charge in [-0.3, -0.25) is 5.01 Å². The molecule has 0 aromatic carbocycles. The fourth-order valence-corrected chi connectivity index (χ4v) is 0.648. The monoisotopic (exact) mass is 160 g/mol. The minimum absolute atomic E-state index is 0.0348. The first-order chi connectivity index (χ1) is 5.35. The van der Waals surface area contributed by atoms with Gasteiger partial charge in [0.15, 0.2) is 0 Å². The Labute approximate surface area is 64.9 Å². The molecule has 0 spiro atoms. The van der Waals surface area contributed by atoms with Crippen molar-refractivity contribution in [2.24, 2.45) is 5.29 Å². The maximum absolute atomic E-state index is 10.00. The number of aldehydes is 1. The van der Waals surface area contributed by atoms with Crippen molar-refractivity contribution in [3.8, 4) is 0 Å². The second kappa shape index (κ2) is 7.14.